The standard InChI is InChI=1S/C22H25OP/c1-20-13-17-14-21(20,2)16-22(17,15-20)24(23,18-9-5-3-6-10-18)19-11-7-4-8-12-19/h3-12,17H,13-16H2,1-2H3/t17?,20-,21+,22?. The molecule has 4 bridgehead atoms. The van der Waals surface area contributed by atoms with Crippen LogP contribution in [0.1, 0.15) is 39.5 Å². The molecule has 0 heterocycles. The Hall–Kier alpha value is -1.33. The van der Waals surface area contributed by atoms with Crippen molar-refractivity contribution in [2.45, 2.75) is 44.7 Å². The molecular formula is C22H25OP. The molecular weight excluding hydrogens is 311 g/mol. The summed E-state index contributed by atoms with van der Waals surface area (Å²) in [4.78, 5) is 0. The normalized spacial score (nSPS) is 39.7. The molecule has 0 saturated heterocycles. The Morgan fingerprint density at radius 2 is 1.21 bits per heavy atom. The van der Waals surface area contributed by atoms with E-state index in [-0.39, 0.29) is 5.16 Å². The first-order chi connectivity index (χ1) is 11.4. The van der Waals surface area contributed by atoms with Gasteiger partial charge in [0.1, 0.15) is 7.14 Å². The lowest BCUT2D eigenvalue weighted by Gasteiger charge is -2.38. The van der Waals surface area contributed by atoms with E-state index in [9.17, 15) is 4.57 Å². The van der Waals surface area contributed by atoms with Crippen molar-refractivity contribution >= 4 is 17.8 Å². The minimum Gasteiger partial charge on any atom is -0.313 e. The third-order valence-corrected chi connectivity index (χ3v) is 11.9. The second-order valence-corrected chi connectivity index (χ2v) is 12.1. The molecule has 0 amide bonds. The van der Waals surface area contributed by atoms with E-state index in [1.54, 1.807) is 0 Å². The first-order valence-electron chi connectivity index (χ1n) is 9.15. The van der Waals surface area contributed by atoms with Gasteiger partial charge in [-0.3, -0.25) is 0 Å². The van der Waals surface area contributed by atoms with Gasteiger partial charge in [0.25, 0.3) is 0 Å². The van der Waals surface area contributed by atoms with Gasteiger partial charge in [0.05, 0.1) is 0 Å². The average Bonchev–Trinajstić information content (AvgIpc) is 3.20. The van der Waals surface area contributed by atoms with E-state index >= 15 is 0 Å². The van der Waals surface area contributed by atoms with Crippen molar-refractivity contribution in [3.8, 4) is 0 Å². The zero-order valence-electron chi connectivity index (χ0n) is 14.5. The van der Waals surface area contributed by atoms with Crippen LogP contribution < -0.4 is 10.6 Å². The lowest BCUT2D eigenvalue weighted by Crippen LogP contribution is -2.37. The summed E-state index contributed by atoms with van der Waals surface area (Å²) in [6.07, 6.45) is 4.82. The molecule has 0 N–H and O–H groups in total. The molecule has 0 spiro atoms. The quantitative estimate of drug-likeness (QED) is 0.723. The second-order valence-electron chi connectivity index (χ2n) is 8.96. The highest BCUT2D eigenvalue weighted by atomic mass is 31.2. The van der Waals surface area contributed by atoms with E-state index in [1.807, 2.05) is 12.1 Å². The molecule has 2 unspecified atom stereocenters. The Bertz CT molecular complexity index is 779. The van der Waals surface area contributed by atoms with Gasteiger partial charge in [-0.2, -0.15) is 0 Å². The van der Waals surface area contributed by atoms with E-state index in [4.69, 9.17) is 0 Å². The number of benzene rings is 2. The van der Waals surface area contributed by atoms with Crippen LogP contribution in [0.2, 0.25) is 0 Å². The number of hydrogen-bond acceptors (Lipinski definition) is 1. The lowest BCUT2D eigenvalue weighted by atomic mass is 9.71. The Morgan fingerprint density at radius 1 is 0.792 bits per heavy atom. The van der Waals surface area contributed by atoms with Gasteiger partial charge in [0, 0.05) is 15.8 Å². The van der Waals surface area contributed by atoms with Crippen molar-refractivity contribution in [1.82, 2.24) is 0 Å². The van der Waals surface area contributed by atoms with E-state index in [0.29, 0.717) is 16.7 Å². The maximum atomic E-state index is 14.9. The lowest BCUT2D eigenvalue weighted by molar-refractivity contribution is 0.157. The third kappa shape index (κ3) is 1.51. The summed E-state index contributed by atoms with van der Waals surface area (Å²) in [6.45, 7) is 4.92. The summed E-state index contributed by atoms with van der Waals surface area (Å²) in [5, 5.41) is 2.12. The highest BCUT2D eigenvalue weighted by Crippen LogP contribution is 2.86. The van der Waals surface area contributed by atoms with Crippen molar-refractivity contribution in [1.29, 1.82) is 0 Å². The maximum Gasteiger partial charge on any atom is 0.149 e. The zero-order valence-corrected chi connectivity index (χ0v) is 15.4. The first-order valence-corrected chi connectivity index (χ1v) is 10.9. The van der Waals surface area contributed by atoms with Gasteiger partial charge in [0.15, 0.2) is 0 Å². The first kappa shape index (κ1) is 15.0. The molecule has 2 heteroatoms. The molecule has 0 aromatic heterocycles. The summed E-state index contributed by atoms with van der Waals surface area (Å²) in [5.41, 5.74) is 0.772. The molecule has 4 atom stereocenters. The molecule has 1 nitrogen and oxygen atoms in total. The van der Waals surface area contributed by atoms with Crippen molar-refractivity contribution in [2.24, 2.45) is 16.7 Å². The van der Waals surface area contributed by atoms with Gasteiger partial charge in [-0.25, -0.2) is 0 Å². The Morgan fingerprint density at radius 3 is 1.54 bits per heavy atom. The predicted molar refractivity (Wildman–Crippen MR) is 101 cm³/mol. The molecule has 4 aliphatic rings. The molecule has 4 fully saturated rings. The largest absolute Gasteiger partial charge is 0.313 e. The van der Waals surface area contributed by atoms with Crippen LogP contribution in [0.3, 0.4) is 0 Å². The summed E-state index contributed by atoms with van der Waals surface area (Å²) >= 11 is 0. The summed E-state index contributed by atoms with van der Waals surface area (Å²) in [7, 11) is -2.66. The fourth-order valence-electron chi connectivity index (χ4n) is 6.73. The highest BCUT2D eigenvalue weighted by Gasteiger charge is 2.78. The van der Waals surface area contributed by atoms with Crippen LogP contribution in [-0.4, -0.2) is 5.16 Å². The molecule has 4 aliphatic carbocycles. The number of rotatable bonds is 3. The van der Waals surface area contributed by atoms with Crippen molar-refractivity contribution in [3.05, 3.63) is 60.7 Å². The topological polar surface area (TPSA) is 17.1 Å². The van der Waals surface area contributed by atoms with Crippen molar-refractivity contribution in [3.63, 3.8) is 0 Å². The maximum absolute atomic E-state index is 14.9. The van der Waals surface area contributed by atoms with E-state index in [2.05, 4.69) is 62.4 Å². The second kappa shape index (κ2) is 4.44. The Kier molecular flexibility index (Phi) is 2.77. The van der Waals surface area contributed by atoms with Crippen LogP contribution in [0.5, 0.6) is 0 Å². The minimum atomic E-state index is -2.66. The molecule has 24 heavy (non-hydrogen) atoms. The van der Waals surface area contributed by atoms with Gasteiger partial charge >= 0.3 is 0 Å². The zero-order chi connectivity index (χ0) is 16.6. The van der Waals surface area contributed by atoms with E-state index in [1.165, 1.54) is 12.8 Å². The highest BCUT2D eigenvalue weighted by molar-refractivity contribution is 7.80. The van der Waals surface area contributed by atoms with Gasteiger partial charge in [-0.1, -0.05) is 74.5 Å². The van der Waals surface area contributed by atoms with Gasteiger partial charge in [-0.05, 0) is 42.4 Å². The molecule has 0 radical (unpaired) electrons. The molecule has 2 aromatic carbocycles. The van der Waals surface area contributed by atoms with Crippen LogP contribution in [0.15, 0.2) is 60.7 Å². The summed E-state index contributed by atoms with van der Waals surface area (Å²) < 4.78 is 14.9. The van der Waals surface area contributed by atoms with E-state index in [0.717, 1.165) is 23.5 Å². The Labute approximate surface area is 144 Å². The molecule has 124 valence electrons. The van der Waals surface area contributed by atoms with Crippen LogP contribution in [0.4, 0.5) is 0 Å². The fraction of sp³-hybridized carbons (Fsp3) is 0.455. The van der Waals surface area contributed by atoms with Gasteiger partial charge < -0.3 is 4.57 Å². The smallest absolute Gasteiger partial charge is 0.149 e. The van der Waals surface area contributed by atoms with Gasteiger partial charge in [0.2, 0.25) is 0 Å². The molecule has 0 aliphatic heterocycles. The van der Waals surface area contributed by atoms with Crippen LogP contribution in [0.25, 0.3) is 0 Å². The molecule has 4 saturated carbocycles. The SMILES string of the molecule is C[C@@]12CC3C[C@]1(C)CC3(P(=O)(c1ccccc1)c1ccccc1)C2. The Balaban J connectivity index is 1.78. The van der Waals surface area contributed by atoms with E-state index < -0.39 is 7.14 Å². The predicted octanol–water partition coefficient (Wildman–Crippen LogP) is 4.97. The van der Waals surface area contributed by atoms with Gasteiger partial charge in [-0.15, -0.1) is 0 Å². The monoisotopic (exact) mass is 336 g/mol. The summed E-state index contributed by atoms with van der Waals surface area (Å²) in [5.74, 6) is 0.624. The molecule has 6 rings (SSSR count). The van der Waals surface area contributed by atoms with Crippen molar-refractivity contribution < 1.29 is 4.57 Å². The third-order valence-electron chi connectivity index (χ3n) is 7.87. The van der Waals surface area contributed by atoms with Crippen LogP contribution >= 0.6 is 7.14 Å². The summed E-state index contributed by atoms with van der Waals surface area (Å²) in [6, 6.07) is 20.7. The fourth-order valence-corrected chi connectivity index (χ4v) is 11.1. The van der Waals surface area contributed by atoms with Crippen LogP contribution in [0, 0.1) is 16.7 Å². The minimum absolute atomic E-state index is 0.0147. The number of hydrogen-bond donors (Lipinski definition) is 0. The average molecular weight is 336 g/mol. The van der Waals surface area contributed by atoms with Crippen LogP contribution in [-0.2, 0) is 4.57 Å². The van der Waals surface area contributed by atoms with Crippen molar-refractivity contribution in [2.75, 3.05) is 0 Å². The molecule has 2 aromatic rings.